The van der Waals surface area contributed by atoms with E-state index in [4.69, 9.17) is 4.84 Å². The Labute approximate surface area is 105 Å². The monoisotopic (exact) mass is 250 g/mol. The molecule has 0 N–H and O–H groups in total. The lowest BCUT2D eigenvalue weighted by atomic mass is 10.2. The van der Waals surface area contributed by atoms with Crippen LogP contribution in [0.3, 0.4) is 0 Å². The number of hydrogen-bond donors (Lipinski definition) is 0. The van der Waals surface area contributed by atoms with Gasteiger partial charge in [0, 0.05) is 18.4 Å². The van der Waals surface area contributed by atoms with Crippen LogP contribution in [-0.4, -0.2) is 42.0 Å². The highest BCUT2D eigenvalue weighted by molar-refractivity contribution is 8.14. The summed E-state index contributed by atoms with van der Waals surface area (Å²) in [4.78, 5) is 21.1. The van der Waals surface area contributed by atoms with Gasteiger partial charge in [-0.1, -0.05) is 30.3 Å². The maximum absolute atomic E-state index is 11.8. The Morgan fingerprint density at radius 2 is 2.18 bits per heavy atom. The molecule has 0 unspecified atom stereocenters. The highest BCUT2D eigenvalue weighted by atomic mass is 32.2. The SMILES string of the molecule is CON(C)C(=O)[C@@H]1CSC(c2ccccc2)=N1. The van der Waals surface area contributed by atoms with Crippen molar-refractivity contribution in [2.24, 2.45) is 4.99 Å². The van der Waals surface area contributed by atoms with E-state index >= 15 is 0 Å². The van der Waals surface area contributed by atoms with Crippen LogP contribution in [0.15, 0.2) is 35.3 Å². The molecular formula is C12H14N2O2S. The van der Waals surface area contributed by atoms with Crippen molar-refractivity contribution < 1.29 is 9.63 Å². The molecule has 2 rings (SSSR count). The molecule has 0 aliphatic carbocycles. The number of rotatable bonds is 3. The number of hydrogen-bond acceptors (Lipinski definition) is 4. The van der Waals surface area contributed by atoms with E-state index in [1.54, 1.807) is 18.8 Å². The summed E-state index contributed by atoms with van der Waals surface area (Å²) in [5.41, 5.74) is 1.06. The quantitative estimate of drug-likeness (QED) is 0.765. The van der Waals surface area contributed by atoms with Gasteiger partial charge in [-0.3, -0.25) is 14.6 Å². The molecule has 0 bridgehead atoms. The second kappa shape index (κ2) is 5.33. The van der Waals surface area contributed by atoms with Gasteiger partial charge in [0.25, 0.3) is 5.91 Å². The summed E-state index contributed by atoms with van der Waals surface area (Å²) >= 11 is 1.61. The van der Waals surface area contributed by atoms with Crippen molar-refractivity contribution >= 4 is 22.7 Å². The molecule has 0 saturated heterocycles. The van der Waals surface area contributed by atoms with Gasteiger partial charge in [0.05, 0.1) is 12.2 Å². The molecule has 0 saturated carbocycles. The van der Waals surface area contributed by atoms with Crippen LogP contribution >= 0.6 is 11.8 Å². The zero-order chi connectivity index (χ0) is 12.3. The van der Waals surface area contributed by atoms with E-state index in [-0.39, 0.29) is 11.9 Å². The summed E-state index contributed by atoms with van der Waals surface area (Å²) in [7, 11) is 3.07. The third-order valence-corrected chi connectivity index (χ3v) is 3.64. The predicted octanol–water partition coefficient (Wildman–Crippen LogP) is 1.57. The van der Waals surface area contributed by atoms with E-state index in [2.05, 4.69) is 4.99 Å². The lowest BCUT2D eigenvalue weighted by molar-refractivity contribution is -0.169. The molecule has 0 aromatic heterocycles. The number of nitrogens with zero attached hydrogens (tertiary/aromatic N) is 2. The van der Waals surface area contributed by atoms with E-state index < -0.39 is 0 Å². The lowest BCUT2D eigenvalue weighted by Crippen LogP contribution is -2.34. The Morgan fingerprint density at radius 3 is 2.82 bits per heavy atom. The van der Waals surface area contributed by atoms with Crippen LogP contribution in [0.5, 0.6) is 0 Å². The summed E-state index contributed by atoms with van der Waals surface area (Å²) < 4.78 is 0. The lowest BCUT2D eigenvalue weighted by Gasteiger charge is -2.15. The van der Waals surface area contributed by atoms with Crippen molar-refractivity contribution in [3.63, 3.8) is 0 Å². The van der Waals surface area contributed by atoms with E-state index in [0.29, 0.717) is 5.75 Å². The molecule has 90 valence electrons. The molecule has 17 heavy (non-hydrogen) atoms. The second-order valence-electron chi connectivity index (χ2n) is 3.65. The summed E-state index contributed by atoms with van der Waals surface area (Å²) in [5.74, 6) is 0.572. The Hall–Kier alpha value is -1.33. The first kappa shape index (κ1) is 12.1. The van der Waals surface area contributed by atoms with Crippen LogP contribution in [0, 0.1) is 0 Å². The molecule has 1 aliphatic heterocycles. The molecule has 0 spiro atoms. The first-order valence-electron chi connectivity index (χ1n) is 5.30. The largest absolute Gasteiger partial charge is 0.274 e. The van der Waals surface area contributed by atoms with Gasteiger partial charge >= 0.3 is 0 Å². The molecule has 1 aromatic carbocycles. The Kier molecular flexibility index (Phi) is 3.81. The standard InChI is InChI=1S/C12H14N2O2S/c1-14(16-2)12(15)10-8-17-11(13-10)9-6-4-3-5-7-9/h3-7,10H,8H2,1-2H3/t10-/m0/s1. The van der Waals surface area contributed by atoms with Crippen molar-refractivity contribution in [2.45, 2.75) is 6.04 Å². The maximum atomic E-state index is 11.8. The van der Waals surface area contributed by atoms with Crippen LogP contribution in [0.2, 0.25) is 0 Å². The second-order valence-corrected chi connectivity index (χ2v) is 4.65. The zero-order valence-electron chi connectivity index (χ0n) is 9.79. The van der Waals surface area contributed by atoms with E-state index in [9.17, 15) is 4.79 Å². The predicted molar refractivity (Wildman–Crippen MR) is 69.0 cm³/mol. The van der Waals surface area contributed by atoms with Crippen LogP contribution in [0.4, 0.5) is 0 Å². The molecule has 4 nitrogen and oxygen atoms in total. The van der Waals surface area contributed by atoms with Gasteiger partial charge in [-0.25, -0.2) is 5.06 Å². The van der Waals surface area contributed by atoms with Crippen LogP contribution in [0.1, 0.15) is 5.56 Å². The minimum atomic E-state index is -0.333. The molecule has 0 fully saturated rings. The molecule has 1 atom stereocenters. The molecule has 1 aliphatic rings. The maximum Gasteiger partial charge on any atom is 0.271 e. The molecule has 1 heterocycles. The number of carbonyl (C=O) groups excluding carboxylic acids is 1. The van der Waals surface area contributed by atoms with Crippen LogP contribution in [-0.2, 0) is 9.63 Å². The summed E-state index contributed by atoms with van der Waals surface area (Å²) in [6, 6.07) is 9.56. The third-order valence-electron chi connectivity index (χ3n) is 2.54. The van der Waals surface area contributed by atoms with Crippen molar-refractivity contribution in [3.8, 4) is 0 Å². The van der Waals surface area contributed by atoms with Gasteiger partial charge in [-0.15, -0.1) is 11.8 Å². The van der Waals surface area contributed by atoms with Gasteiger partial charge in [-0.2, -0.15) is 0 Å². The van der Waals surface area contributed by atoms with E-state index in [0.717, 1.165) is 10.6 Å². The molecule has 1 aromatic rings. The fourth-order valence-electron chi connectivity index (χ4n) is 1.54. The fourth-order valence-corrected chi connectivity index (χ4v) is 2.58. The smallest absolute Gasteiger partial charge is 0.271 e. The molecule has 5 heteroatoms. The normalized spacial score (nSPS) is 18.9. The average Bonchev–Trinajstić information content (AvgIpc) is 2.87. The number of aliphatic imine (C=N–C) groups is 1. The number of benzene rings is 1. The Bertz CT molecular complexity index is 433. The number of amides is 1. The van der Waals surface area contributed by atoms with Crippen molar-refractivity contribution in [1.82, 2.24) is 5.06 Å². The van der Waals surface area contributed by atoms with Crippen LogP contribution in [0.25, 0.3) is 0 Å². The molecule has 1 amide bonds. The van der Waals surface area contributed by atoms with Gasteiger partial charge in [0.2, 0.25) is 0 Å². The fraction of sp³-hybridized carbons (Fsp3) is 0.333. The molecular weight excluding hydrogens is 236 g/mol. The van der Waals surface area contributed by atoms with E-state index in [1.807, 2.05) is 30.3 Å². The summed E-state index contributed by atoms with van der Waals surface area (Å²) in [6.45, 7) is 0. The molecule has 0 radical (unpaired) electrons. The Balaban J connectivity index is 2.12. The third kappa shape index (κ3) is 2.68. The van der Waals surface area contributed by atoms with Gasteiger partial charge < -0.3 is 0 Å². The number of carbonyl (C=O) groups is 1. The minimum absolute atomic E-state index is 0.106. The van der Waals surface area contributed by atoms with Gasteiger partial charge in [-0.05, 0) is 0 Å². The van der Waals surface area contributed by atoms with Crippen molar-refractivity contribution in [3.05, 3.63) is 35.9 Å². The van der Waals surface area contributed by atoms with Gasteiger partial charge in [0.15, 0.2) is 0 Å². The van der Waals surface area contributed by atoms with Crippen molar-refractivity contribution in [1.29, 1.82) is 0 Å². The average molecular weight is 250 g/mol. The first-order valence-corrected chi connectivity index (χ1v) is 6.28. The Morgan fingerprint density at radius 1 is 1.47 bits per heavy atom. The number of likely N-dealkylation sites (N-methyl/N-ethyl adjacent to an activating group) is 1. The minimum Gasteiger partial charge on any atom is -0.274 e. The van der Waals surface area contributed by atoms with Gasteiger partial charge in [0.1, 0.15) is 6.04 Å². The van der Waals surface area contributed by atoms with Crippen molar-refractivity contribution in [2.75, 3.05) is 19.9 Å². The highest BCUT2D eigenvalue weighted by Gasteiger charge is 2.28. The topological polar surface area (TPSA) is 41.9 Å². The first-order chi connectivity index (χ1) is 8.22. The van der Waals surface area contributed by atoms with E-state index in [1.165, 1.54) is 12.2 Å². The summed E-state index contributed by atoms with van der Waals surface area (Å²) in [5, 5.41) is 2.15. The number of thioether (sulfide) groups is 1. The number of hydroxylamine groups is 2. The highest BCUT2D eigenvalue weighted by Crippen LogP contribution is 2.24. The van der Waals surface area contributed by atoms with Crippen LogP contribution < -0.4 is 0 Å². The summed E-state index contributed by atoms with van der Waals surface area (Å²) in [6.07, 6.45) is 0. The zero-order valence-corrected chi connectivity index (χ0v) is 10.6.